The molecule has 13 heavy (non-hydrogen) atoms. The van der Waals surface area contributed by atoms with Gasteiger partial charge in [0.15, 0.2) is 0 Å². The van der Waals surface area contributed by atoms with Crippen LogP contribution in [0.2, 0.25) is 0 Å². The predicted octanol–water partition coefficient (Wildman–Crippen LogP) is 2.43. The SMILES string of the molecule is COC(C)CN[C@@H](C)c1cccs1. The average molecular weight is 199 g/mol. The van der Waals surface area contributed by atoms with Crippen molar-refractivity contribution in [2.75, 3.05) is 13.7 Å². The monoisotopic (exact) mass is 199 g/mol. The topological polar surface area (TPSA) is 21.3 Å². The van der Waals surface area contributed by atoms with Crippen LogP contribution in [0.15, 0.2) is 17.5 Å². The number of thiophene rings is 1. The maximum absolute atomic E-state index is 5.16. The Morgan fingerprint density at radius 3 is 2.85 bits per heavy atom. The zero-order chi connectivity index (χ0) is 9.68. The molecule has 0 aromatic carbocycles. The second kappa shape index (κ2) is 5.37. The quantitative estimate of drug-likeness (QED) is 0.786. The first kappa shape index (κ1) is 10.7. The summed E-state index contributed by atoms with van der Waals surface area (Å²) in [5.74, 6) is 0. The predicted molar refractivity (Wildman–Crippen MR) is 57.2 cm³/mol. The fraction of sp³-hybridized carbons (Fsp3) is 0.600. The Labute approximate surface area is 83.9 Å². The number of nitrogens with one attached hydrogen (secondary N) is 1. The highest BCUT2D eigenvalue weighted by atomic mass is 32.1. The maximum atomic E-state index is 5.16. The summed E-state index contributed by atoms with van der Waals surface area (Å²) in [6, 6.07) is 4.66. The number of rotatable bonds is 5. The number of hydrogen-bond acceptors (Lipinski definition) is 3. The summed E-state index contributed by atoms with van der Waals surface area (Å²) in [6.07, 6.45) is 0.280. The van der Waals surface area contributed by atoms with Crippen LogP contribution in [0.3, 0.4) is 0 Å². The third kappa shape index (κ3) is 3.46. The van der Waals surface area contributed by atoms with E-state index < -0.39 is 0 Å². The fourth-order valence-corrected chi connectivity index (χ4v) is 1.82. The molecule has 1 heterocycles. The lowest BCUT2D eigenvalue weighted by Gasteiger charge is -2.15. The number of methoxy groups -OCH3 is 1. The van der Waals surface area contributed by atoms with Crippen molar-refractivity contribution < 1.29 is 4.74 Å². The molecule has 0 aliphatic rings. The summed E-state index contributed by atoms with van der Waals surface area (Å²) in [5, 5.41) is 5.53. The van der Waals surface area contributed by atoms with Crippen LogP contribution in [0.4, 0.5) is 0 Å². The largest absolute Gasteiger partial charge is 0.380 e. The first-order chi connectivity index (χ1) is 6.24. The molecule has 1 aromatic heterocycles. The van der Waals surface area contributed by atoms with E-state index in [1.807, 2.05) is 0 Å². The minimum absolute atomic E-state index is 0.280. The van der Waals surface area contributed by atoms with Crippen molar-refractivity contribution in [1.82, 2.24) is 5.32 Å². The van der Waals surface area contributed by atoms with Crippen LogP contribution in [0.1, 0.15) is 24.8 Å². The molecule has 2 nitrogen and oxygen atoms in total. The molecule has 2 atom stereocenters. The van der Waals surface area contributed by atoms with Gasteiger partial charge in [0.05, 0.1) is 6.10 Å². The van der Waals surface area contributed by atoms with Gasteiger partial charge in [-0.1, -0.05) is 6.07 Å². The molecule has 0 fully saturated rings. The molecular formula is C10H17NOS. The number of hydrogen-bond donors (Lipinski definition) is 1. The van der Waals surface area contributed by atoms with E-state index in [9.17, 15) is 0 Å². The minimum Gasteiger partial charge on any atom is -0.380 e. The van der Waals surface area contributed by atoms with E-state index in [0.29, 0.717) is 6.04 Å². The van der Waals surface area contributed by atoms with Crippen molar-refractivity contribution in [3.8, 4) is 0 Å². The first-order valence-electron chi connectivity index (χ1n) is 4.53. The highest BCUT2D eigenvalue weighted by molar-refractivity contribution is 7.10. The average Bonchev–Trinajstić information content (AvgIpc) is 2.66. The Hall–Kier alpha value is -0.380. The third-order valence-electron chi connectivity index (χ3n) is 2.08. The molecule has 0 aliphatic carbocycles. The van der Waals surface area contributed by atoms with Crippen molar-refractivity contribution in [3.05, 3.63) is 22.4 Å². The molecule has 1 rings (SSSR count). The Morgan fingerprint density at radius 1 is 1.54 bits per heavy atom. The van der Waals surface area contributed by atoms with Crippen molar-refractivity contribution in [2.45, 2.75) is 26.0 Å². The Balaban J connectivity index is 2.30. The van der Waals surface area contributed by atoms with E-state index in [4.69, 9.17) is 4.74 Å². The second-order valence-electron chi connectivity index (χ2n) is 3.19. The van der Waals surface area contributed by atoms with Crippen LogP contribution >= 0.6 is 11.3 Å². The Kier molecular flexibility index (Phi) is 4.42. The second-order valence-corrected chi connectivity index (χ2v) is 4.17. The summed E-state index contributed by atoms with van der Waals surface area (Å²) in [6.45, 7) is 5.14. The maximum Gasteiger partial charge on any atom is 0.0667 e. The third-order valence-corrected chi connectivity index (χ3v) is 3.14. The van der Waals surface area contributed by atoms with Crippen LogP contribution in [0.25, 0.3) is 0 Å². The van der Waals surface area contributed by atoms with E-state index in [-0.39, 0.29) is 6.10 Å². The zero-order valence-electron chi connectivity index (χ0n) is 8.41. The van der Waals surface area contributed by atoms with E-state index in [0.717, 1.165) is 6.54 Å². The molecule has 0 spiro atoms. The highest BCUT2D eigenvalue weighted by Crippen LogP contribution is 2.17. The Morgan fingerprint density at radius 2 is 2.31 bits per heavy atom. The van der Waals surface area contributed by atoms with Gasteiger partial charge in [-0.2, -0.15) is 0 Å². The van der Waals surface area contributed by atoms with E-state index in [2.05, 4.69) is 36.7 Å². The van der Waals surface area contributed by atoms with Crippen molar-refractivity contribution >= 4 is 11.3 Å². The lowest BCUT2D eigenvalue weighted by Crippen LogP contribution is -2.27. The molecule has 0 radical (unpaired) electrons. The molecule has 1 unspecified atom stereocenters. The van der Waals surface area contributed by atoms with Crippen LogP contribution in [0.5, 0.6) is 0 Å². The molecule has 0 aliphatic heterocycles. The van der Waals surface area contributed by atoms with Gasteiger partial charge in [-0.05, 0) is 25.3 Å². The lowest BCUT2D eigenvalue weighted by molar-refractivity contribution is 0.115. The van der Waals surface area contributed by atoms with Crippen molar-refractivity contribution in [1.29, 1.82) is 0 Å². The minimum atomic E-state index is 0.280. The van der Waals surface area contributed by atoms with Gasteiger partial charge >= 0.3 is 0 Å². The van der Waals surface area contributed by atoms with Gasteiger partial charge in [0.1, 0.15) is 0 Å². The van der Waals surface area contributed by atoms with Crippen molar-refractivity contribution in [2.24, 2.45) is 0 Å². The van der Waals surface area contributed by atoms with Gasteiger partial charge in [0, 0.05) is 24.6 Å². The normalized spacial score (nSPS) is 15.6. The molecule has 0 saturated heterocycles. The molecule has 3 heteroatoms. The van der Waals surface area contributed by atoms with Crippen LogP contribution < -0.4 is 5.32 Å². The smallest absolute Gasteiger partial charge is 0.0667 e. The van der Waals surface area contributed by atoms with Gasteiger partial charge < -0.3 is 10.1 Å². The molecule has 74 valence electrons. The van der Waals surface area contributed by atoms with E-state index >= 15 is 0 Å². The van der Waals surface area contributed by atoms with Gasteiger partial charge in [0.2, 0.25) is 0 Å². The van der Waals surface area contributed by atoms with Crippen LogP contribution in [0, 0.1) is 0 Å². The lowest BCUT2D eigenvalue weighted by atomic mass is 10.2. The van der Waals surface area contributed by atoms with Gasteiger partial charge in [0.25, 0.3) is 0 Å². The molecule has 0 amide bonds. The van der Waals surface area contributed by atoms with Crippen LogP contribution in [-0.4, -0.2) is 19.8 Å². The molecular weight excluding hydrogens is 182 g/mol. The first-order valence-corrected chi connectivity index (χ1v) is 5.41. The van der Waals surface area contributed by atoms with Gasteiger partial charge in [-0.15, -0.1) is 11.3 Å². The van der Waals surface area contributed by atoms with Crippen LogP contribution in [-0.2, 0) is 4.74 Å². The molecule has 1 N–H and O–H groups in total. The molecule has 1 aromatic rings. The van der Waals surface area contributed by atoms with E-state index in [1.54, 1.807) is 18.4 Å². The summed E-state index contributed by atoms with van der Waals surface area (Å²) < 4.78 is 5.16. The zero-order valence-corrected chi connectivity index (χ0v) is 9.23. The number of ether oxygens (including phenoxy) is 1. The van der Waals surface area contributed by atoms with Gasteiger partial charge in [-0.25, -0.2) is 0 Å². The summed E-state index contributed by atoms with van der Waals surface area (Å²) in [4.78, 5) is 1.38. The summed E-state index contributed by atoms with van der Waals surface area (Å²) in [5.41, 5.74) is 0. The Bertz CT molecular complexity index is 223. The summed E-state index contributed by atoms with van der Waals surface area (Å²) >= 11 is 1.79. The standard InChI is InChI=1S/C10H17NOS/c1-8(12-3)7-11-9(2)10-5-4-6-13-10/h4-6,8-9,11H,7H2,1-3H3/t8?,9-/m0/s1. The summed E-state index contributed by atoms with van der Waals surface area (Å²) in [7, 11) is 1.74. The van der Waals surface area contributed by atoms with Crippen molar-refractivity contribution in [3.63, 3.8) is 0 Å². The fourth-order valence-electron chi connectivity index (χ4n) is 1.06. The van der Waals surface area contributed by atoms with Gasteiger partial charge in [-0.3, -0.25) is 0 Å². The van der Waals surface area contributed by atoms with E-state index in [1.165, 1.54) is 4.88 Å². The molecule has 0 saturated carbocycles. The highest BCUT2D eigenvalue weighted by Gasteiger charge is 2.06. The molecule has 0 bridgehead atoms.